The molecule has 28 heavy (non-hydrogen) atoms. The van der Waals surface area contributed by atoms with Gasteiger partial charge in [-0.15, -0.1) is 23.1 Å². The molecule has 0 bridgehead atoms. The molecular weight excluding hydrogens is 388 g/mol. The molecule has 1 aromatic heterocycles. The molecule has 4 rings (SSSR count). The molecule has 1 aliphatic heterocycles. The van der Waals surface area contributed by atoms with Crippen molar-refractivity contribution in [1.29, 1.82) is 0 Å². The number of nitrogens with zero attached hydrogens (tertiary/aromatic N) is 1. The van der Waals surface area contributed by atoms with Gasteiger partial charge in [-0.3, -0.25) is 4.79 Å². The number of rotatable bonds is 6. The Morgan fingerprint density at radius 2 is 2.07 bits per heavy atom. The van der Waals surface area contributed by atoms with Gasteiger partial charge >= 0.3 is 0 Å². The van der Waals surface area contributed by atoms with Crippen LogP contribution in [0.4, 0.5) is 5.69 Å². The highest BCUT2D eigenvalue weighted by atomic mass is 32.2. The molecule has 1 amide bonds. The second kappa shape index (κ2) is 8.90. The van der Waals surface area contributed by atoms with Crippen LogP contribution in [0.5, 0.6) is 0 Å². The molecule has 2 heterocycles. The van der Waals surface area contributed by atoms with Crippen LogP contribution in [0, 0.1) is 6.92 Å². The van der Waals surface area contributed by atoms with Gasteiger partial charge in [-0.05, 0) is 44.0 Å². The number of ether oxygens (including phenoxy) is 1. The number of carbonyl (C=O) groups excluding carboxylic acids is 1. The molecule has 0 radical (unpaired) electrons. The highest BCUT2D eigenvalue weighted by Gasteiger charge is 2.18. The van der Waals surface area contributed by atoms with Crippen LogP contribution in [-0.4, -0.2) is 29.4 Å². The summed E-state index contributed by atoms with van der Waals surface area (Å²) in [5.74, 6) is 0.791. The van der Waals surface area contributed by atoms with Gasteiger partial charge in [0.15, 0.2) is 0 Å². The van der Waals surface area contributed by atoms with Crippen molar-refractivity contribution in [2.75, 3.05) is 17.7 Å². The summed E-state index contributed by atoms with van der Waals surface area (Å²) < 4.78 is 5.69. The molecular formula is C22H22N2O2S2. The highest BCUT2D eigenvalue weighted by Crippen LogP contribution is 2.28. The number of thiazole rings is 1. The number of anilines is 1. The summed E-state index contributed by atoms with van der Waals surface area (Å²) in [6.45, 7) is 2.85. The van der Waals surface area contributed by atoms with Crippen LogP contribution in [0.25, 0.3) is 11.3 Å². The van der Waals surface area contributed by atoms with Gasteiger partial charge in [0.25, 0.3) is 5.91 Å². The van der Waals surface area contributed by atoms with E-state index in [-0.39, 0.29) is 5.91 Å². The smallest absolute Gasteiger partial charge is 0.256 e. The van der Waals surface area contributed by atoms with Crippen molar-refractivity contribution < 1.29 is 9.53 Å². The van der Waals surface area contributed by atoms with Crippen molar-refractivity contribution in [1.82, 2.24) is 4.98 Å². The van der Waals surface area contributed by atoms with E-state index in [2.05, 4.69) is 10.3 Å². The molecule has 1 unspecified atom stereocenters. The summed E-state index contributed by atoms with van der Waals surface area (Å²) in [6.07, 6.45) is 2.53. The first-order valence-electron chi connectivity index (χ1n) is 9.36. The molecule has 0 saturated carbocycles. The van der Waals surface area contributed by atoms with E-state index in [0.717, 1.165) is 52.0 Å². The van der Waals surface area contributed by atoms with Crippen molar-refractivity contribution in [3.8, 4) is 11.3 Å². The van der Waals surface area contributed by atoms with Gasteiger partial charge in [0.2, 0.25) is 0 Å². The Morgan fingerprint density at radius 1 is 1.25 bits per heavy atom. The molecule has 1 fully saturated rings. The van der Waals surface area contributed by atoms with Crippen LogP contribution in [0.2, 0.25) is 0 Å². The largest absolute Gasteiger partial charge is 0.377 e. The standard InChI is InChI=1S/C22H22N2O2S2/c1-15-23-20(14-27-15)16-8-10-17(11-9-16)24-22(25)19-6-2-3-7-21(19)28-13-18-5-4-12-26-18/h2-3,6-11,14,18H,4-5,12-13H2,1H3,(H,24,25). The van der Waals surface area contributed by atoms with E-state index in [1.165, 1.54) is 0 Å². The Kier molecular flexibility index (Phi) is 6.10. The maximum atomic E-state index is 12.8. The number of amides is 1. The summed E-state index contributed by atoms with van der Waals surface area (Å²) in [5, 5.41) is 6.10. The van der Waals surface area contributed by atoms with Gasteiger partial charge in [0.05, 0.1) is 22.4 Å². The van der Waals surface area contributed by atoms with Crippen LogP contribution in [0.3, 0.4) is 0 Å². The summed E-state index contributed by atoms with van der Waals surface area (Å²) in [5.41, 5.74) is 3.50. The van der Waals surface area contributed by atoms with Crippen LogP contribution in [-0.2, 0) is 4.74 Å². The zero-order valence-corrected chi connectivity index (χ0v) is 17.3. The van der Waals surface area contributed by atoms with Crippen LogP contribution >= 0.6 is 23.1 Å². The normalized spacial score (nSPS) is 16.2. The molecule has 1 aliphatic rings. The minimum Gasteiger partial charge on any atom is -0.377 e. The van der Waals surface area contributed by atoms with E-state index >= 15 is 0 Å². The number of nitrogens with one attached hydrogen (secondary N) is 1. The lowest BCUT2D eigenvalue weighted by Crippen LogP contribution is -2.14. The van der Waals surface area contributed by atoms with Gasteiger partial charge in [-0.1, -0.05) is 24.3 Å². The number of carbonyl (C=O) groups is 1. The van der Waals surface area contributed by atoms with Crippen molar-refractivity contribution in [2.24, 2.45) is 0 Å². The molecule has 3 aromatic rings. The van der Waals surface area contributed by atoms with Crippen LogP contribution < -0.4 is 5.32 Å². The average Bonchev–Trinajstić information content (AvgIpc) is 3.39. The molecule has 1 saturated heterocycles. The Hall–Kier alpha value is -2.15. The molecule has 1 atom stereocenters. The predicted molar refractivity (Wildman–Crippen MR) is 116 cm³/mol. The second-order valence-corrected chi connectivity index (χ2v) is 8.85. The number of hydrogen-bond acceptors (Lipinski definition) is 5. The zero-order chi connectivity index (χ0) is 19.3. The van der Waals surface area contributed by atoms with Crippen molar-refractivity contribution in [2.45, 2.75) is 30.8 Å². The number of aryl methyl sites for hydroxylation is 1. The van der Waals surface area contributed by atoms with Gasteiger partial charge < -0.3 is 10.1 Å². The summed E-state index contributed by atoms with van der Waals surface area (Å²) in [4.78, 5) is 18.3. The van der Waals surface area contributed by atoms with E-state index in [1.54, 1.807) is 23.1 Å². The van der Waals surface area contributed by atoms with Gasteiger partial charge in [0, 0.05) is 33.9 Å². The van der Waals surface area contributed by atoms with Gasteiger partial charge in [-0.25, -0.2) is 4.98 Å². The summed E-state index contributed by atoms with van der Waals surface area (Å²) in [6, 6.07) is 15.6. The number of benzene rings is 2. The van der Waals surface area contributed by atoms with Crippen molar-refractivity contribution in [3.05, 3.63) is 64.5 Å². The molecule has 6 heteroatoms. The minimum atomic E-state index is -0.0901. The minimum absolute atomic E-state index is 0.0901. The molecule has 144 valence electrons. The van der Waals surface area contributed by atoms with Crippen molar-refractivity contribution in [3.63, 3.8) is 0 Å². The first-order chi connectivity index (χ1) is 13.7. The molecule has 0 aliphatic carbocycles. The third kappa shape index (κ3) is 4.63. The first-order valence-corrected chi connectivity index (χ1v) is 11.2. The monoisotopic (exact) mass is 410 g/mol. The quantitative estimate of drug-likeness (QED) is 0.534. The van der Waals surface area contributed by atoms with E-state index in [0.29, 0.717) is 11.7 Å². The fraction of sp³-hybridized carbons (Fsp3) is 0.273. The maximum Gasteiger partial charge on any atom is 0.256 e. The molecule has 2 aromatic carbocycles. The van der Waals surface area contributed by atoms with Crippen LogP contribution in [0.15, 0.2) is 58.8 Å². The SMILES string of the molecule is Cc1nc(-c2ccc(NC(=O)c3ccccc3SCC3CCCO3)cc2)cs1. The first kappa shape index (κ1) is 19.2. The Labute approximate surface area is 173 Å². The maximum absolute atomic E-state index is 12.8. The fourth-order valence-corrected chi connectivity index (χ4v) is 4.90. The fourth-order valence-electron chi connectivity index (χ4n) is 3.16. The van der Waals surface area contributed by atoms with E-state index in [4.69, 9.17) is 4.74 Å². The van der Waals surface area contributed by atoms with Gasteiger partial charge in [0.1, 0.15) is 0 Å². The molecule has 0 spiro atoms. The third-order valence-corrected chi connectivity index (χ3v) is 6.62. The topological polar surface area (TPSA) is 51.2 Å². The zero-order valence-electron chi connectivity index (χ0n) is 15.7. The lowest BCUT2D eigenvalue weighted by atomic mass is 10.1. The Balaban J connectivity index is 1.43. The molecule has 1 N–H and O–H groups in total. The van der Waals surface area contributed by atoms with Crippen LogP contribution in [0.1, 0.15) is 28.2 Å². The summed E-state index contributed by atoms with van der Waals surface area (Å²) in [7, 11) is 0. The average molecular weight is 411 g/mol. The lowest BCUT2D eigenvalue weighted by Gasteiger charge is -2.12. The summed E-state index contributed by atoms with van der Waals surface area (Å²) >= 11 is 3.33. The van der Waals surface area contributed by atoms with Crippen molar-refractivity contribution >= 4 is 34.7 Å². The third-order valence-electron chi connectivity index (χ3n) is 4.64. The Bertz CT molecular complexity index is 947. The number of aromatic nitrogens is 1. The number of thioether (sulfide) groups is 1. The Morgan fingerprint density at radius 3 is 2.79 bits per heavy atom. The van der Waals surface area contributed by atoms with E-state index < -0.39 is 0 Å². The molecule has 4 nitrogen and oxygen atoms in total. The van der Waals surface area contributed by atoms with E-state index in [9.17, 15) is 4.79 Å². The predicted octanol–water partition coefficient (Wildman–Crippen LogP) is 5.64. The highest BCUT2D eigenvalue weighted by molar-refractivity contribution is 7.99. The second-order valence-electron chi connectivity index (χ2n) is 6.73. The van der Waals surface area contributed by atoms with E-state index in [1.807, 2.05) is 60.8 Å². The number of hydrogen-bond donors (Lipinski definition) is 1. The van der Waals surface area contributed by atoms with Gasteiger partial charge in [-0.2, -0.15) is 0 Å². The lowest BCUT2D eigenvalue weighted by molar-refractivity contribution is 0.102.